The number of unbranched alkanes of at least 4 members (excludes halogenated alkanes) is 18. The summed E-state index contributed by atoms with van der Waals surface area (Å²) >= 11 is 0. The molecule has 0 spiro atoms. The SMILES string of the molecule is CCCCCCCCC(CN(C)CC(CCCCCCCC)OC(=O)CCCCCCC)OC(=O)CCCCCCC. The molecule has 42 heavy (non-hydrogen) atoms. The molecule has 5 heteroatoms. The molecule has 5 nitrogen and oxygen atoms in total. The first-order chi connectivity index (χ1) is 20.5. The fraction of sp³-hybridized carbons (Fsp3) is 0.946. The summed E-state index contributed by atoms with van der Waals surface area (Å²) in [5.74, 6) is -0.0944. The lowest BCUT2D eigenvalue weighted by atomic mass is 10.1. The van der Waals surface area contributed by atoms with Crippen LogP contribution in [0.3, 0.4) is 0 Å². The molecular weight excluding hydrogens is 522 g/mol. The summed E-state index contributed by atoms with van der Waals surface area (Å²) in [5, 5.41) is 0. The van der Waals surface area contributed by atoms with Gasteiger partial charge in [-0.15, -0.1) is 0 Å². The molecule has 0 amide bonds. The average Bonchev–Trinajstić information content (AvgIpc) is 2.96. The van der Waals surface area contributed by atoms with Crippen LogP contribution >= 0.6 is 0 Å². The molecular formula is C37H73NO4. The molecule has 0 aliphatic heterocycles. The van der Waals surface area contributed by atoms with E-state index < -0.39 is 0 Å². The van der Waals surface area contributed by atoms with Gasteiger partial charge in [-0.25, -0.2) is 0 Å². The van der Waals surface area contributed by atoms with Gasteiger partial charge in [0, 0.05) is 25.9 Å². The largest absolute Gasteiger partial charge is 0.461 e. The Balaban J connectivity index is 4.96. The van der Waals surface area contributed by atoms with Gasteiger partial charge in [-0.1, -0.05) is 143 Å². The van der Waals surface area contributed by atoms with Gasteiger partial charge in [0.25, 0.3) is 0 Å². The minimum atomic E-state index is -0.0896. The standard InChI is InChI=1S/C37H73NO4/c1-6-10-14-18-22-24-28-34(41-36(39)30-26-20-16-12-8-3)32-38(5)33-35(29-25-23-19-15-11-7-2)42-37(40)31-27-21-17-13-9-4/h34-35H,6-33H2,1-5H3. The summed E-state index contributed by atoms with van der Waals surface area (Å²) < 4.78 is 12.1. The molecule has 0 fully saturated rings. The second-order valence-electron chi connectivity index (χ2n) is 12.9. The fourth-order valence-electron chi connectivity index (χ4n) is 5.68. The third-order valence-electron chi connectivity index (χ3n) is 8.36. The molecule has 0 bridgehead atoms. The Morgan fingerprint density at radius 1 is 0.452 bits per heavy atom. The normalized spacial score (nSPS) is 12.9. The van der Waals surface area contributed by atoms with Gasteiger partial charge in [0.05, 0.1) is 0 Å². The molecule has 250 valence electrons. The Morgan fingerprint density at radius 2 is 0.738 bits per heavy atom. The zero-order valence-corrected chi connectivity index (χ0v) is 29.0. The summed E-state index contributed by atoms with van der Waals surface area (Å²) in [6.45, 7) is 10.3. The van der Waals surface area contributed by atoms with Crippen molar-refractivity contribution in [1.29, 1.82) is 0 Å². The van der Waals surface area contributed by atoms with Gasteiger partial charge in [-0.2, -0.15) is 0 Å². The van der Waals surface area contributed by atoms with Gasteiger partial charge in [0.1, 0.15) is 12.2 Å². The summed E-state index contributed by atoms with van der Waals surface area (Å²) in [4.78, 5) is 27.7. The number of esters is 2. The third-order valence-corrected chi connectivity index (χ3v) is 8.36. The molecule has 0 saturated carbocycles. The van der Waals surface area contributed by atoms with E-state index in [0.717, 1.165) is 51.4 Å². The summed E-state index contributed by atoms with van der Waals surface area (Å²) in [6, 6.07) is 0. The molecule has 0 rings (SSSR count). The van der Waals surface area contributed by atoms with E-state index in [1.54, 1.807) is 0 Å². The molecule has 0 N–H and O–H groups in total. The van der Waals surface area contributed by atoms with Crippen molar-refractivity contribution >= 4 is 11.9 Å². The molecule has 0 aliphatic rings. The number of hydrogen-bond donors (Lipinski definition) is 0. The highest BCUT2D eigenvalue weighted by atomic mass is 16.5. The van der Waals surface area contributed by atoms with Gasteiger partial charge in [0.2, 0.25) is 0 Å². The van der Waals surface area contributed by atoms with Crippen LogP contribution in [0.1, 0.15) is 195 Å². The van der Waals surface area contributed by atoms with E-state index in [1.165, 1.54) is 103 Å². The second kappa shape index (κ2) is 31.3. The van der Waals surface area contributed by atoms with Crippen molar-refractivity contribution in [2.45, 2.75) is 207 Å². The zero-order valence-electron chi connectivity index (χ0n) is 29.0. The van der Waals surface area contributed by atoms with Crippen LogP contribution in [-0.4, -0.2) is 49.2 Å². The maximum atomic E-state index is 12.7. The molecule has 0 aromatic carbocycles. The van der Waals surface area contributed by atoms with Crippen LogP contribution in [0.15, 0.2) is 0 Å². The van der Waals surface area contributed by atoms with Gasteiger partial charge < -0.3 is 9.47 Å². The molecule has 2 unspecified atom stereocenters. The summed E-state index contributed by atoms with van der Waals surface area (Å²) in [7, 11) is 2.10. The van der Waals surface area contributed by atoms with E-state index in [2.05, 4.69) is 39.6 Å². The van der Waals surface area contributed by atoms with Crippen molar-refractivity contribution in [1.82, 2.24) is 4.90 Å². The lowest BCUT2D eigenvalue weighted by Crippen LogP contribution is -2.38. The predicted molar refractivity (Wildman–Crippen MR) is 180 cm³/mol. The predicted octanol–water partition coefficient (Wildman–Crippen LogP) is 11.0. The highest BCUT2D eigenvalue weighted by Gasteiger charge is 2.21. The van der Waals surface area contributed by atoms with Crippen LogP contribution in [0.5, 0.6) is 0 Å². The third kappa shape index (κ3) is 27.7. The van der Waals surface area contributed by atoms with Crippen molar-refractivity contribution in [3.8, 4) is 0 Å². The Hall–Kier alpha value is -1.10. The molecule has 0 radical (unpaired) electrons. The summed E-state index contributed by atoms with van der Waals surface area (Å²) in [5.41, 5.74) is 0. The van der Waals surface area contributed by atoms with Crippen molar-refractivity contribution < 1.29 is 19.1 Å². The minimum absolute atomic E-state index is 0.0472. The molecule has 2 atom stereocenters. The van der Waals surface area contributed by atoms with E-state index in [9.17, 15) is 9.59 Å². The Bertz CT molecular complexity index is 546. The van der Waals surface area contributed by atoms with Crippen molar-refractivity contribution in [2.24, 2.45) is 0 Å². The van der Waals surface area contributed by atoms with Gasteiger partial charge in [-0.3, -0.25) is 14.5 Å². The average molecular weight is 596 g/mol. The number of carbonyl (C=O) groups excluding carboxylic acids is 2. The van der Waals surface area contributed by atoms with Crippen molar-refractivity contribution in [2.75, 3.05) is 20.1 Å². The molecule has 0 heterocycles. The van der Waals surface area contributed by atoms with Crippen LogP contribution in [0, 0.1) is 0 Å². The monoisotopic (exact) mass is 596 g/mol. The van der Waals surface area contributed by atoms with E-state index in [1.807, 2.05) is 0 Å². The van der Waals surface area contributed by atoms with Crippen LogP contribution in [0.4, 0.5) is 0 Å². The second-order valence-corrected chi connectivity index (χ2v) is 12.9. The highest BCUT2D eigenvalue weighted by Crippen LogP contribution is 2.17. The lowest BCUT2D eigenvalue weighted by Gasteiger charge is -2.28. The van der Waals surface area contributed by atoms with Gasteiger partial charge in [0.15, 0.2) is 0 Å². The maximum absolute atomic E-state index is 12.7. The quantitative estimate of drug-likeness (QED) is 0.0572. The van der Waals surface area contributed by atoms with Crippen LogP contribution in [0.2, 0.25) is 0 Å². The Kier molecular flexibility index (Phi) is 30.5. The minimum Gasteiger partial charge on any atom is -0.461 e. The zero-order chi connectivity index (χ0) is 31.1. The van der Waals surface area contributed by atoms with Crippen LogP contribution in [0.25, 0.3) is 0 Å². The fourth-order valence-corrected chi connectivity index (χ4v) is 5.68. The smallest absolute Gasteiger partial charge is 0.306 e. The molecule has 0 aromatic rings. The van der Waals surface area contributed by atoms with Gasteiger partial charge in [-0.05, 0) is 45.6 Å². The lowest BCUT2D eigenvalue weighted by molar-refractivity contribution is -0.151. The molecule has 0 aromatic heterocycles. The number of rotatable bonds is 32. The first-order valence-electron chi connectivity index (χ1n) is 18.5. The summed E-state index contributed by atoms with van der Waals surface area (Å²) in [6.07, 6.45) is 28.9. The van der Waals surface area contributed by atoms with Crippen LogP contribution in [-0.2, 0) is 19.1 Å². The van der Waals surface area contributed by atoms with Crippen LogP contribution < -0.4 is 0 Å². The Morgan fingerprint density at radius 3 is 1.07 bits per heavy atom. The number of carbonyl (C=O) groups is 2. The maximum Gasteiger partial charge on any atom is 0.306 e. The number of ether oxygens (including phenoxy) is 2. The number of likely N-dealkylation sites (N-methyl/N-ethyl adjacent to an activating group) is 1. The van der Waals surface area contributed by atoms with E-state index in [-0.39, 0.29) is 24.1 Å². The van der Waals surface area contributed by atoms with Crippen molar-refractivity contribution in [3.05, 3.63) is 0 Å². The molecule has 0 saturated heterocycles. The van der Waals surface area contributed by atoms with E-state index in [0.29, 0.717) is 25.9 Å². The topological polar surface area (TPSA) is 55.8 Å². The first kappa shape index (κ1) is 40.9. The highest BCUT2D eigenvalue weighted by molar-refractivity contribution is 5.69. The van der Waals surface area contributed by atoms with E-state index >= 15 is 0 Å². The van der Waals surface area contributed by atoms with Gasteiger partial charge >= 0.3 is 11.9 Å². The number of nitrogens with zero attached hydrogens (tertiary/aromatic N) is 1. The van der Waals surface area contributed by atoms with E-state index in [4.69, 9.17) is 9.47 Å². The molecule has 0 aliphatic carbocycles. The number of hydrogen-bond acceptors (Lipinski definition) is 5. The first-order valence-corrected chi connectivity index (χ1v) is 18.5. The van der Waals surface area contributed by atoms with Crippen molar-refractivity contribution in [3.63, 3.8) is 0 Å². The Labute approximate surface area is 262 Å².